The van der Waals surface area contributed by atoms with Gasteiger partial charge in [-0.15, -0.1) is 0 Å². The number of hydrogen-bond donors (Lipinski definition) is 3. The fourth-order valence-electron chi connectivity index (χ4n) is 4.50. The average molecular weight is 541 g/mol. The van der Waals surface area contributed by atoms with E-state index in [2.05, 4.69) is 0 Å². The molecule has 3 aromatic rings. The van der Waals surface area contributed by atoms with Crippen molar-refractivity contribution in [2.45, 2.75) is 56.4 Å². The summed E-state index contributed by atoms with van der Waals surface area (Å²) in [6, 6.07) is 21.8. The maximum Gasteiger partial charge on any atom is 0.118 e. The molecule has 0 atom stereocenters. The maximum atomic E-state index is 11.2. The van der Waals surface area contributed by atoms with Crippen molar-refractivity contribution in [2.75, 3.05) is 21.3 Å². The molecule has 1 aliphatic rings. The van der Waals surface area contributed by atoms with Crippen LogP contribution >= 0.6 is 0 Å². The second kappa shape index (κ2) is 13.7. The molecule has 39 heavy (non-hydrogen) atoms. The molecule has 0 amide bonds. The molecule has 4 rings (SSSR count). The summed E-state index contributed by atoms with van der Waals surface area (Å²) in [5, 5.41) is 33.5. The zero-order chi connectivity index (χ0) is 27.8. The first-order valence-corrected chi connectivity index (χ1v) is 12.7. The number of methoxy groups -OCH3 is 3. The summed E-state index contributed by atoms with van der Waals surface area (Å²) < 4.78 is 33.6. The van der Waals surface area contributed by atoms with Crippen molar-refractivity contribution in [3.8, 4) is 17.2 Å². The van der Waals surface area contributed by atoms with E-state index >= 15 is 0 Å². The minimum Gasteiger partial charge on any atom is -0.497 e. The van der Waals surface area contributed by atoms with Gasteiger partial charge in [0.2, 0.25) is 0 Å². The van der Waals surface area contributed by atoms with Crippen LogP contribution in [0, 0.1) is 0 Å². The Kier molecular flexibility index (Phi) is 10.2. The SMILES string of the molecule is COc1ccc(CO[C@H]2[C@H](O)[C@H](OCc3ccc(OC)cc3)[C@H](O)[C@@H](OCc3ccc(OC)cc3)[C@@H]2O)cc1. The quantitative estimate of drug-likeness (QED) is 0.319. The minimum absolute atomic E-state index is 0.120. The molecule has 0 aliphatic heterocycles. The van der Waals surface area contributed by atoms with Crippen LogP contribution < -0.4 is 14.2 Å². The molecule has 3 aromatic carbocycles. The van der Waals surface area contributed by atoms with Crippen molar-refractivity contribution >= 4 is 0 Å². The molecule has 0 heterocycles. The summed E-state index contributed by atoms with van der Waals surface area (Å²) in [5.41, 5.74) is 2.48. The van der Waals surface area contributed by atoms with Gasteiger partial charge in [0.15, 0.2) is 0 Å². The lowest BCUT2D eigenvalue weighted by atomic mass is 9.84. The largest absolute Gasteiger partial charge is 0.497 e. The summed E-state index contributed by atoms with van der Waals surface area (Å²) in [7, 11) is 4.76. The lowest BCUT2D eigenvalue weighted by Crippen LogP contribution is -2.65. The molecule has 3 N–H and O–H groups in total. The molecule has 0 bridgehead atoms. The van der Waals surface area contributed by atoms with Crippen LogP contribution in [0.25, 0.3) is 0 Å². The molecule has 9 heteroatoms. The van der Waals surface area contributed by atoms with Gasteiger partial charge in [-0.05, 0) is 53.1 Å². The van der Waals surface area contributed by atoms with Gasteiger partial charge in [-0.1, -0.05) is 36.4 Å². The Morgan fingerprint density at radius 2 is 0.667 bits per heavy atom. The first-order valence-electron chi connectivity index (χ1n) is 12.7. The predicted molar refractivity (Wildman–Crippen MR) is 143 cm³/mol. The standard InChI is InChI=1S/C30H36O9/c1-34-22-10-4-19(5-11-22)16-37-28-25(31)29(38-17-20-6-12-23(35-2)13-7-20)27(33)30(26(28)32)39-18-21-8-14-24(36-3)15-9-21/h4-15,25-33H,16-18H2,1-3H3/t25-,26+,27-,28-,29-,30-. The van der Waals surface area contributed by atoms with Gasteiger partial charge < -0.3 is 43.7 Å². The molecule has 0 saturated heterocycles. The highest BCUT2D eigenvalue weighted by Gasteiger charge is 2.51. The third kappa shape index (κ3) is 7.27. The van der Waals surface area contributed by atoms with E-state index in [1.54, 1.807) is 57.7 Å². The van der Waals surface area contributed by atoms with Crippen LogP contribution in [0.3, 0.4) is 0 Å². The van der Waals surface area contributed by atoms with Crippen LogP contribution in [0.5, 0.6) is 17.2 Å². The Bertz CT molecular complexity index is 976. The van der Waals surface area contributed by atoms with E-state index in [0.717, 1.165) is 16.7 Å². The third-order valence-corrected chi connectivity index (χ3v) is 6.82. The summed E-state index contributed by atoms with van der Waals surface area (Å²) >= 11 is 0. The summed E-state index contributed by atoms with van der Waals surface area (Å²) in [6.07, 6.45) is -7.15. The van der Waals surface area contributed by atoms with Crippen molar-refractivity contribution in [1.82, 2.24) is 0 Å². The number of aliphatic hydroxyl groups is 3. The van der Waals surface area contributed by atoms with Gasteiger partial charge in [0, 0.05) is 0 Å². The molecule has 0 radical (unpaired) electrons. The Morgan fingerprint density at radius 1 is 0.436 bits per heavy atom. The van der Waals surface area contributed by atoms with Crippen molar-refractivity contribution in [1.29, 1.82) is 0 Å². The van der Waals surface area contributed by atoms with Crippen molar-refractivity contribution in [3.05, 3.63) is 89.5 Å². The molecule has 1 saturated carbocycles. The average Bonchev–Trinajstić information content (AvgIpc) is 2.97. The summed E-state index contributed by atoms with van der Waals surface area (Å²) in [5.74, 6) is 2.12. The second-order valence-electron chi connectivity index (χ2n) is 9.34. The van der Waals surface area contributed by atoms with Crippen LogP contribution in [-0.2, 0) is 34.0 Å². The van der Waals surface area contributed by atoms with E-state index in [4.69, 9.17) is 28.4 Å². The molecule has 0 spiro atoms. The van der Waals surface area contributed by atoms with Crippen molar-refractivity contribution in [3.63, 3.8) is 0 Å². The molecule has 0 aromatic heterocycles. The van der Waals surface area contributed by atoms with Crippen LogP contribution in [0.15, 0.2) is 72.8 Å². The number of rotatable bonds is 12. The highest BCUT2D eigenvalue weighted by Crippen LogP contribution is 2.30. The number of benzene rings is 3. The van der Waals surface area contributed by atoms with Crippen molar-refractivity contribution < 1.29 is 43.7 Å². The minimum atomic E-state index is -1.31. The van der Waals surface area contributed by atoms with E-state index in [1.807, 2.05) is 36.4 Å². The first-order chi connectivity index (χ1) is 18.9. The van der Waals surface area contributed by atoms with Gasteiger partial charge in [0.05, 0.1) is 41.2 Å². The Morgan fingerprint density at radius 3 is 0.872 bits per heavy atom. The van der Waals surface area contributed by atoms with Gasteiger partial charge in [0.1, 0.15) is 53.9 Å². The lowest BCUT2D eigenvalue weighted by molar-refractivity contribution is -0.261. The van der Waals surface area contributed by atoms with Gasteiger partial charge in [-0.25, -0.2) is 0 Å². The Balaban J connectivity index is 1.49. The summed E-state index contributed by atoms with van der Waals surface area (Å²) in [4.78, 5) is 0. The van der Waals surface area contributed by atoms with E-state index in [0.29, 0.717) is 17.2 Å². The monoisotopic (exact) mass is 540 g/mol. The Hall–Kier alpha value is -3.18. The van der Waals surface area contributed by atoms with Crippen LogP contribution in [0.1, 0.15) is 16.7 Å². The first kappa shape index (κ1) is 28.8. The van der Waals surface area contributed by atoms with Gasteiger partial charge in [-0.3, -0.25) is 0 Å². The second-order valence-corrected chi connectivity index (χ2v) is 9.34. The number of ether oxygens (including phenoxy) is 6. The van der Waals surface area contributed by atoms with Crippen LogP contribution in [0.2, 0.25) is 0 Å². The maximum absolute atomic E-state index is 11.2. The van der Waals surface area contributed by atoms with Gasteiger partial charge in [0.25, 0.3) is 0 Å². The lowest BCUT2D eigenvalue weighted by Gasteiger charge is -2.45. The van der Waals surface area contributed by atoms with Gasteiger partial charge in [-0.2, -0.15) is 0 Å². The van der Waals surface area contributed by atoms with Crippen LogP contribution in [0.4, 0.5) is 0 Å². The van der Waals surface area contributed by atoms with E-state index in [-0.39, 0.29) is 19.8 Å². The predicted octanol–water partition coefficient (Wildman–Crippen LogP) is 2.86. The normalized spacial score (nSPS) is 24.8. The number of hydrogen-bond acceptors (Lipinski definition) is 9. The zero-order valence-corrected chi connectivity index (χ0v) is 22.3. The fourth-order valence-corrected chi connectivity index (χ4v) is 4.50. The highest BCUT2D eigenvalue weighted by atomic mass is 16.6. The molecule has 0 unspecified atom stereocenters. The number of aliphatic hydroxyl groups excluding tert-OH is 3. The Labute approximate surface area is 228 Å². The fraction of sp³-hybridized carbons (Fsp3) is 0.400. The molecule has 1 fully saturated rings. The highest BCUT2D eigenvalue weighted by molar-refractivity contribution is 5.28. The molecular formula is C30H36O9. The molecule has 1 aliphatic carbocycles. The van der Waals surface area contributed by atoms with Crippen molar-refractivity contribution in [2.24, 2.45) is 0 Å². The van der Waals surface area contributed by atoms with Gasteiger partial charge >= 0.3 is 0 Å². The van der Waals surface area contributed by atoms with E-state index < -0.39 is 36.6 Å². The summed E-state index contributed by atoms with van der Waals surface area (Å²) in [6.45, 7) is 0.361. The smallest absolute Gasteiger partial charge is 0.118 e. The molecular weight excluding hydrogens is 504 g/mol. The molecule has 9 nitrogen and oxygen atoms in total. The van der Waals surface area contributed by atoms with E-state index in [1.165, 1.54) is 0 Å². The topological polar surface area (TPSA) is 116 Å². The zero-order valence-electron chi connectivity index (χ0n) is 22.3. The molecule has 210 valence electrons. The van der Waals surface area contributed by atoms with Crippen LogP contribution in [-0.4, -0.2) is 73.3 Å². The van der Waals surface area contributed by atoms with E-state index in [9.17, 15) is 15.3 Å². The third-order valence-electron chi connectivity index (χ3n) is 6.82.